The van der Waals surface area contributed by atoms with E-state index >= 15 is 0 Å². The highest BCUT2D eigenvalue weighted by atomic mass is 32.2. The number of carboxylic acid groups (broad SMARTS) is 1. The molecule has 1 aromatic heterocycles. The molecular weight excluding hydrogens is 278 g/mol. The first-order chi connectivity index (χ1) is 9.65. The van der Waals surface area contributed by atoms with Gasteiger partial charge in [0.15, 0.2) is 0 Å². The molecule has 0 saturated carbocycles. The zero-order valence-corrected chi connectivity index (χ0v) is 11.8. The van der Waals surface area contributed by atoms with Crippen LogP contribution in [0.2, 0.25) is 0 Å². The van der Waals surface area contributed by atoms with Crippen LogP contribution in [-0.4, -0.2) is 25.2 Å². The van der Waals surface area contributed by atoms with Gasteiger partial charge in [0, 0.05) is 11.8 Å². The van der Waals surface area contributed by atoms with Gasteiger partial charge in [-0.15, -0.1) is 0 Å². The fourth-order valence-corrected chi connectivity index (χ4v) is 2.61. The van der Waals surface area contributed by atoms with Crippen molar-refractivity contribution in [3.05, 3.63) is 42.1 Å². The second-order valence-corrected chi connectivity index (χ2v) is 4.79. The van der Waals surface area contributed by atoms with Crippen LogP contribution in [0.3, 0.4) is 0 Å². The number of carbonyl (C=O) groups excluding carboxylic acids is 1. The Morgan fingerprint density at radius 1 is 1.25 bits per heavy atom. The summed E-state index contributed by atoms with van der Waals surface area (Å²) in [5.41, 5.74) is 0.0439. The standard InChI is InChI=1S/C14H13NO4S/c1-18-9-5-6-11(19-2)12(8-9)20-13-10(14(16)17)4-3-7-15-13/h3-8H,1-2H3,(H,16,17)/p-1. The lowest BCUT2D eigenvalue weighted by Gasteiger charge is -2.12. The van der Waals surface area contributed by atoms with Crippen LogP contribution < -0.4 is 14.6 Å². The monoisotopic (exact) mass is 290 g/mol. The first-order valence-corrected chi connectivity index (χ1v) is 6.53. The minimum absolute atomic E-state index is 0.0439. The highest BCUT2D eigenvalue weighted by Crippen LogP contribution is 2.37. The van der Waals surface area contributed by atoms with Crippen molar-refractivity contribution in [3.63, 3.8) is 0 Å². The van der Waals surface area contributed by atoms with Gasteiger partial charge >= 0.3 is 0 Å². The summed E-state index contributed by atoms with van der Waals surface area (Å²) in [5.74, 6) is 0.00689. The summed E-state index contributed by atoms with van der Waals surface area (Å²) in [6.45, 7) is 0. The molecule has 1 aromatic carbocycles. The number of aromatic nitrogens is 1. The van der Waals surface area contributed by atoms with Crippen molar-refractivity contribution < 1.29 is 19.4 Å². The van der Waals surface area contributed by atoms with E-state index in [-0.39, 0.29) is 5.56 Å². The summed E-state index contributed by atoms with van der Waals surface area (Å²) < 4.78 is 10.4. The highest BCUT2D eigenvalue weighted by Gasteiger charge is 2.11. The third kappa shape index (κ3) is 3.03. The maximum Gasteiger partial charge on any atom is 0.133 e. The van der Waals surface area contributed by atoms with E-state index in [2.05, 4.69) is 4.98 Å². The van der Waals surface area contributed by atoms with Crippen molar-refractivity contribution in [1.29, 1.82) is 0 Å². The molecule has 0 fully saturated rings. The molecule has 104 valence electrons. The molecule has 2 rings (SSSR count). The Bertz CT molecular complexity index is 630. The van der Waals surface area contributed by atoms with Crippen LogP contribution in [0.25, 0.3) is 0 Å². The molecule has 2 aromatic rings. The van der Waals surface area contributed by atoms with Crippen molar-refractivity contribution in [2.75, 3.05) is 14.2 Å². The summed E-state index contributed by atoms with van der Waals surface area (Å²) in [5, 5.41) is 11.4. The lowest BCUT2D eigenvalue weighted by molar-refractivity contribution is -0.255. The van der Waals surface area contributed by atoms with Gasteiger partial charge in [0.2, 0.25) is 0 Å². The minimum atomic E-state index is -1.26. The predicted molar refractivity (Wildman–Crippen MR) is 72.2 cm³/mol. The van der Waals surface area contributed by atoms with Crippen molar-refractivity contribution in [1.82, 2.24) is 4.98 Å². The molecule has 0 bridgehead atoms. The number of benzene rings is 1. The number of nitrogens with zero attached hydrogens (tertiary/aromatic N) is 1. The third-order valence-corrected chi connectivity index (χ3v) is 3.63. The Morgan fingerprint density at radius 2 is 2.05 bits per heavy atom. The van der Waals surface area contributed by atoms with E-state index < -0.39 is 5.97 Å². The molecule has 0 aliphatic heterocycles. The van der Waals surface area contributed by atoms with Crippen LogP contribution in [0, 0.1) is 0 Å². The third-order valence-electron chi connectivity index (χ3n) is 2.57. The van der Waals surface area contributed by atoms with Gasteiger partial charge in [-0.3, -0.25) is 0 Å². The number of methoxy groups -OCH3 is 2. The van der Waals surface area contributed by atoms with Crippen LogP contribution >= 0.6 is 11.8 Å². The molecular formula is C14H12NO4S-. The van der Waals surface area contributed by atoms with E-state index in [1.807, 2.05) is 0 Å². The number of carbonyl (C=O) groups is 1. The second-order valence-electron chi connectivity index (χ2n) is 3.76. The van der Waals surface area contributed by atoms with Crippen LogP contribution in [0.1, 0.15) is 10.4 Å². The number of pyridine rings is 1. The fraction of sp³-hybridized carbons (Fsp3) is 0.143. The number of hydrogen-bond acceptors (Lipinski definition) is 6. The van der Waals surface area contributed by atoms with Gasteiger partial charge in [0.1, 0.15) is 16.5 Å². The number of hydrogen-bond donors (Lipinski definition) is 0. The molecule has 0 amide bonds. The van der Waals surface area contributed by atoms with E-state index in [1.54, 1.807) is 38.5 Å². The first kappa shape index (κ1) is 14.2. The van der Waals surface area contributed by atoms with Crippen LogP contribution in [0.5, 0.6) is 11.5 Å². The maximum atomic E-state index is 11.1. The molecule has 0 N–H and O–H groups in total. The van der Waals surface area contributed by atoms with E-state index in [0.717, 1.165) is 0 Å². The predicted octanol–water partition coefficient (Wildman–Crippen LogP) is 1.61. The van der Waals surface area contributed by atoms with Crippen LogP contribution in [0.15, 0.2) is 46.5 Å². The number of rotatable bonds is 5. The summed E-state index contributed by atoms with van der Waals surface area (Å²) in [6, 6.07) is 8.29. The normalized spacial score (nSPS) is 10.1. The van der Waals surface area contributed by atoms with E-state index in [0.29, 0.717) is 21.4 Å². The van der Waals surface area contributed by atoms with Crippen LogP contribution in [0.4, 0.5) is 0 Å². The smallest absolute Gasteiger partial charge is 0.133 e. The average molecular weight is 290 g/mol. The lowest BCUT2D eigenvalue weighted by Crippen LogP contribution is -2.23. The number of carboxylic acids is 1. The second kappa shape index (κ2) is 6.29. The van der Waals surface area contributed by atoms with Gasteiger partial charge < -0.3 is 19.4 Å². The Hall–Kier alpha value is -2.21. The van der Waals surface area contributed by atoms with Crippen molar-refractivity contribution in [3.8, 4) is 11.5 Å². The van der Waals surface area contributed by atoms with Gasteiger partial charge in [0.05, 0.1) is 25.1 Å². The Balaban J connectivity index is 2.41. The zero-order chi connectivity index (χ0) is 14.5. The van der Waals surface area contributed by atoms with E-state index in [1.165, 1.54) is 24.0 Å². The van der Waals surface area contributed by atoms with Crippen molar-refractivity contribution in [2.45, 2.75) is 9.92 Å². The van der Waals surface area contributed by atoms with Crippen molar-refractivity contribution >= 4 is 17.7 Å². The van der Waals surface area contributed by atoms with Gasteiger partial charge in [-0.1, -0.05) is 11.8 Å². The van der Waals surface area contributed by atoms with Gasteiger partial charge in [-0.25, -0.2) is 4.98 Å². The molecule has 0 atom stereocenters. The largest absolute Gasteiger partial charge is 0.545 e. The molecule has 0 spiro atoms. The van der Waals surface area contributed by atoms with Gasteiger partial charge in [-0.2, -0.15) is 0 Å². The molecule has 0 unspecified atom stereocenters. The molecule has 0 saturated heterocycles. The summed E-state index contributed by atoms with van der Waals surface area (Å²) in [4.78, 5) is 15.9. The maximum absolute atomic E-state index is 11.1. The van der Waals surface area contributed by atoms with Crippen LogP contribution in [-0.2, 0) is 0 Å². The first-order valence-electron chi connectivity index (χ1n) is 5.72. The molecule has 1 heterocycles. The summed E-state index contributed by atoms with van der Waals surface area (Å²) in [6.07, 6.45) is 1.53. The Kier molecular flexibility index (Phi) is 4.47. The van der Waals surface area contributed by atoms with E-state index in [9.17, 15) is 9.90 Å². The molecule has 0 aliphatic rings. The fourth-order valence-electron chi connectivity index (χ4n) is 1.60. The van der Waals surface area contributed by atoms with E-state index in [4.69, 9.17) is 9.47 Å². The number of ether oxygens (including phenoxy) is 2. The quantitative estimate of drug-likeness (QED) is 0.833. The topological polar surface area (TPSA) is 71.5 Å². The lowest BCUT2D eigenvalue weighted by atomic mass is 10.3. The zero-order valence-electron chi connectivity index (χ0n) is 11.0. The molecule has 5 nitrogen and oxygen atoms in total. The molecule has 6 heteroatoms. The SMILES string of the molecule is COc1ccc(OC)c(Sc2ncccc2C(=O)[O-])c1. The number of aromatic carboxylic acids is 1. The molecule has 0 radical (unpaired) electrons. The average Bonchev–Trinajstić information content (AvgIpc) is 2.47. The van der Waals surface area contributed by atoms with Crippen molar-refractivity contribution in [2.24, 2.45) is 0 Å². The Labute approximate surface area is 120 Å². The Morgan fingerprint density at radius 3 is 2.70 bits per heavy atom. The summed E-state index contributed by atoms with van der Waals surface area (Å²) in [7, 11) is 3.10. The minimum Gasteiger partial charge on any atom is -0.545 e. The van der Waals surface area contributed by atoms with Gasteiger partial charge in [0.25, 0.3) is 0 Å². The summed E-state index contributed by atoms with van der Waals surface area (Å²) >= 11 is 1.19. The molecule has 20 heavy (non-hydrogen) atoms. The highest BCUT2D eigenvalue weighted by molar-refractivity contribution is 7.99. The van der Waals surface area contributed by atoms with Gasteiger partial charge in [-0.05, 0) is 30.3 Å². The molecule has 0 aliphatic carbocycles.